The average Bonchev–Trinajstić information content (AvgIpc) is 2.62. The average molecular weight is 347 g/mol. The van der Waals surface area contributed by atoms with Crippen molar-refractivity contribution < 1.29 is 18.7 Å². The Balaban J connectivity index is 2.63. The van der Waals surface area contributed by atoms with E-state index in [-0.39, 0.29) is 29.2 Å². The van der Waals surface area contributed by atoms with Crippen LogP contribution in [0.15, 0.2) is 60.2 Å². The zero-order valence-corrected chi connectivity index (χ0v) is 13.8. The summed E-state index contributed by atoms with van der Waals surface area (Å²) in [6.45, 7) is 0. The highest BCUT2D eigenvalue weighted by atomic mass is 35.5. The number of rotatable bonds is 6. The Morgan fingerprint density at radius 2 is 1.62 bits per heavy atom. The van der Waals surface area contributed by atoms with Crippen LogP contribution < -0.4 is 0 Å². The van der Waals surface area contributed by atoms with Gasteiger partial charge in [0.1, 0.15) is 5.82 Å². The third-order valence-electron chi connectivity index (χ3n) is 3.48. The maximum Gasteiger partial charge on any atom is 0.338 e. The van der Waals surface area contributed by atoms with Gasteiger partial charge in [0.2, 0.25) is 0 Å². The van der Waals surface area contributed by atoms with E-state index >= 15 is 0 Å². The standard InChI is InChI=1S/C19H16ClFO3/c1-24-19(23)17(13-7-9-15(21)10-8-13)16(11-12-20)18(22)14-5-3-2-4-6-14/h2-10H,11-12H2,1H3/b17-16-. The van der Waals surface area contributed by atoms with Crippen LogP contribution in [-0.2, 0) is 9.53 Å². The maximum absolute atomic E-state index is 13.2. The van der Waals surface area contributed by atoms with Crippen LogP contribution in [0.3, 0.4) is 0 Å². The van der Waals surface area contributed by atoms with E-state index in [2.05, 4.69) is 0 Å². The highest BCUT2D eigenvalue weighted by Gasteiger charge is 2.23. The molecule has 0 heterocycles. The largest absolute Gasteiger partial charge is 0.465 e. The molecule has 0 radical (unpaired) electrons. The number of hydrogen-bond acceptors (Lipinski definition) is 3. The van der Waals surface area contributed by atoms with E-state index in [4.69, 9.17) is 16.3 Å². The van der Waals surface area contributed by atoms with Gasteiger partial charge in [0.15, 0.2) is 5.78 Å². The molecule has 2 aromatic carbocycles. The number of Topliss-reactive ketones (excluding diaryl/α,β-unsaturated/α-hetero) is 1. The summed E-state index contributed by atoms with van der Waals surface area (Å²) in [7, 11) is 1.23. The first kappa shape index (κ1) is 17.9. The number of esters is 1. The molecular formula is C19H16ClFO3. The van der Waals surface area contributed by atoms with Gasteiger partial charge in [0.25, 0.3) is 0 Å². The predicted molar refractivity (Wildman–Crippen MR) is 91.4 cm³/mol. The second kappa shape index (κ2) is 8.41. The smallest absolute Gasteiger partial charge is 0.338 e. The van der Waals surface area contributed by atoms with Crippen molar-refractivity contribution in [1.82, 2.24) is 0 Å². The second-order valence-electron chi connectivity index (χ2n) is 4.99. The fourth-order valence-electron chi connectivity index (χ4n) is 2.34. The zero-order valence-electron chi connectivity index (χ0n) is 13.1. The minimum atomic E-state index is -0.661. The lowest BCUT2D eigenvalue weighted by atomic mass is 9.92. The molecule has 0 atom stereocenters. The molecule has 5 heteroatoms. The lowest BCUT2D eigenvalue weighted by Gasteiger charge is -2.13. The van der Waals surface area contributed by atoms with Crippen LogP contribution in [0.5, 0.6) is 0 Å². The van der Waals surface area contributed by atoms with Gasteiger partial charge in [-0.05, 0) is 24.1 Å². The Hall–Kier alpha value is -2.46. The van der Waals surface area contributed by atoms with Gasteiger partial charge in [-0.25, -0.2) is 9.18 Å². The quantitative estimate of drug-likeness (QED) is 0.339. The SMILES string of the molecule is COC(=O)/C(=C(/CCCl)C(=O)c1ccccc1)c1ccc(F)cc1. The van der Waals surface area contributed by atoms with Crippen LogP contribution in [0.1, 0.15) is 22.3 Å². The highest BCUT2D eigenvalue weighted by molar-refractivity contribution is 6.27. The van der Waals surface area contributed by atoms with Crippen LogP contribution in [-0.4, -0.2) is 24.7 Å². The summed E-state index contributed by atoms with van der Waals surface area (Å²) >= 11 is 5.83. The van der Waals surface area contributed by atoms with Crippen LogP contribution >= 0.6 is 11.6 Å². The Labute approximate surface area is 144 Å². The van der Waals surface area contributed by atoms with Crippen molar-refractivity contribution in [1.29, 1.82) is 0 Å². The molecule has 0 unspecified atom stereocenters. The van der Waals surface area contributed by atoms with Crippen molar-refractivity contribution in [2.75, 3.05) is 13.0 Å². The Morgan fingerprint density at radius 3 is 2.17 bits per heavy atom. The molecule has 0 aliphatic heterocycles. The molecule has 0 aliphatic carbocycles. The number of ketones is 1. The predicted octanol–water partition coefficient (Wildman–Crippen LogP) is 4.26. The Kier molecular flexibility index (Phi) is 6.27. The van der Waals surface area contributed by atoms with E-state index in [1.165, 1.54) is 31.4 Å². The lowest BCUT2D eigenvalue weighted by molar-refractivity contribution is -0.133. The van der Waals surface area contributed by atoms with Gasteiger partial charge in [0.05, 0.1) is 12.7 Å². The molecule has 0 N–H and O–H groups in total. The van der Waals surface area contributed by atoms with Crippen molar-refractivity contribution in [3.8, 4) is 0 Å². The minimum Gasteiger partial charge on any atom is -0.465 e. The van der Waals surface area contributed by atoms with Gasteiger partial charge >= 0.3 is 5.97 Å². The zero-order chi connectivity index (χ0) is 17.5. The van der Waals surface area contributed by atoms with Gasteiger partial charge in [-0.3, -0.25) is 4.79 Å². The van der Waals surface area contributed by atoms with Crippen molar-refractivity contribution in [2.24, 2.45) is 0 Å². The number of halogens is 2. The molecule has 24 heavy (non-hydrogen) atoms. The molecular weight excluding hydrogens is 331 g/mol. The highest BCUT2D eigenvalue weighted by Crippen LogP contribution is 2.26. The maximum atomic E-state index is 13.2. The van der Waals surface area contributed by atoms with Crippen LogP contribution in [0, 0.1) is 5.82 Å². The van der Waals surface area contributed by atoms with Crippen LogP contribution in [0.2, 0.25) is 0 Å². The molecule has 0 saturated carbocycles. The number of methoxy groups -OCH3 is 1. The number of allylic oxidation sites excluding steroid dienone is 1. The topological polar surface area (TPSA) is 43.4 Å². The molecule has 124 valence electrons. The molecule has 0 saturated heterocycles. The van der Waals surface area contributed by atoms with Crippen LogP contribution in [0.4, 0.5) is 4.39 Å². The molecule has 2 rings (SSSR count). The van der Waals surface area contributed by atoms with Gasteiger partial charge < -0.3 is 4.74 Å². The molecule has 0 bridgehead atoms. The third-order valence-corrected chi connectivity index (χ3v) is 3.67. The first-order valence-electron chi connectivity index (χ1n) is 7.31. The summed E-state index contributed by atoms with van der Waals surface area (Å²) in [5, 5.41) is 0. The summed E-state index contributed by atoms with van der Waals surface area (Å²) < 4.78 is 18.0. The van der Waals surface area contributed by atoms with Gasteiger partial charge in [-0.1, -0.05) is 42.5 Å². The first-order chi connectivity index (χ1) is 11.6. The number of ether oxygens (including phenoxy) is 1. The third kappa shape index (κ3) is 4.09. The number of carbonyl (C=O) groups excluding carboxylic acids is 2. The molecule has 2 aromatic rings. The van der Waals surface area contributed by atoms with E-state index in [9.17, 15) is 14.0 Å². The molecule has 0 amide bonds. The van der Waals surface area contributed by atoms with Crippen molar-refractivity contribution in [3.05, 3.63) is 77.1 Å². The lowest BCUT2D eigenvalue weighted by Crippen LogP contribution is -2.14. The molecule has 0 fully saturated rings. The normalized spacial score (nSPS) is 11.6. The van der Waals surface area contributed by atoms with Crippen molar-refractivity contribution in [3.63, 3.8) is 0 Å². The summed E-state index contributed by atoms with van der Waals surface area (Å²) in [6.07, 6.45) is 0.192. The van der Waals surface area contributed by atoms with Gasteiger partial charge in [0, 0.05) is 17.0 Å². The monoisotopic (exact) mass is 346 g/mol. The van der Waals surface area contributed by atoms with E-state index < -0.39 is 11.8 Å². The van der Waals surface area contributed by atoms with E-state index in [1.807, 2.05) is 0 Å². The first-order valence-corrected chi connectivity index (χ1v) is 7.85. The van der Waals surface area contributed by atoms with E-state index in [0.717, 1.165) is 0 Å². The van der Waals surface area contributed by atoms with Crippen molar-refractivity contribution in [2.45, 2.75) is 6.42 Å². The molecule has 0 spiro atoms. The van der Waals surface area contributed by atoms with Gasteiger partial charge in [-0.15, -0.1) is 11.6 Å². The van der Waals surface area contributed by atoms with E-state index in [0.29, 0.717) is 11.1 Å². The van der Waals surface area contributed by atoms with Gasteiger partial charge in [-0.2, -0.15) is 0 Å². The Morgan fingerprint density at radius 1 is 1.00 bits per heavy atom. The molecule has 3 nitrogen and oxygen atoms in total. The minimum absolute atomic E-state index is 0.104. The van der Waals surface area contributed by atoms with E-state index in [1.54, 1.807) is 30.3 Å². The molecule has 0 aromatic heterocycles. The Bertz CT molecular complexity index is 752. The number of alkyl halides is 1. The summed E-state index contributed by atoms with van der Waals surface area (Å²) in [6, 6.07) is 13.9. The van der Waals surface area contributed by atoms with Crippen molar-refractivity contribution >= 4 is 28.9 Å². The summed E-state index contributed by atoms with van der Waals surface area (Å²) in [5.74, 6) is -1.24. The summed E-state index contributed by atoms with van der Waals surface area (Å²) in [5.41, 5.74) is 1.20. The fraction of sp³-hybridized carbons (Fsp3) is 0.158. The van der Waals surface area contributed by atoms with Crippen LogP contribution in [0.25, 0.3) is 5.57 Å². The number of hydrogen-bond donors (Lipinski definition) is 0. The summed E-state index contributed by atoms with van der Waals surface area (Å²) in [4.78, 5) is 25.1. The molecule has 0 aliphatic rings. The fourth-order valence-corrected chi connectivity index (χ4v) is 2.53. The number of carbonyl (C=O) groups is 2. The number of benzene rings is 2. The second-order valence-corrected chi connectivity index (χ2v) is 5.36.